The van der Waals surface area contributed by atoms with Crippen molar-refractivity contribution in [3.8, 4) is 23.1 Å². The summed E-state index contributed by atoms with van der Waals surface area (Å²) in [4.78, 5) is 22.4. The maximum absolute atomic E-state index is 14.0. The monoisotopic (exact) mass is 526 g/mol. The summed E-state index contributed by atoms with van der Waals surface area (Å²) in [6.07, 6.45) is 0.631. The molecular formula is C27H29F3N6O2. The first-order valence-corrected chi connectivity index (χ1v) is 12.3. The largest absolute Gasteiger partial charge is 0.493 e. The van der Waals surface area contributed by atoms with Crippen LogP contribution in [0.1, 0.15) is 37.4 Å². The molecule has 3 heterocycles. The molecule has 0 radical (unpaired) electrons. The van der Waals surface area contributed by atoms with Crippen molar-refractivity contribution >= 4 is 16.8 Å². The number of aromatic nitrogens is 3. The number of carbonyl (C=O) groups is 1. The molecule has 0 amide bonds. The number of nitriles is 1. The first-order chi connectivity index (χ1) is 18.0. The summed E-state index contributed by atoms with van der Waals surface area (Å²) in [7, 11) is 1.74. The average molecular weight is 527 g/mol. The normalized spacial score (nSPS) is 15.5. The summed E-state index contributed by atoms with van der Waals surface area (Å²) >= 11 is 0. The Morgan fingerprint density at radius 2 is 2.03 bits per heavy atom. The van der Waals surface area contributed by atoms with E-state index in [4.69, 9.17) is 10.5 Å². The summed E-state index contributed by atoms with van der Waals surface area (Å²) in [6, 6.07) is 7.42. The van der Waals surface area contributed by atoms with Gasteiger partial charge in [-0.15, -0.1) is 0 Å². The third kappa shape index (κ3) is 6.31. The average Bonchev–Trinajstić information content (AvgIpc) is 3.24. The topological polar surface area (TPSA) is 110 Å². The van der Waals surface area contributed by atoms with Crippen LogP contribution in [0, 0.1) is 17.2 Å². The summed E-state index contributed by atoms with van der Waals surface area (Å²) in [5.41, 5.74) is 6.66. The zero-order valence-corrected chi connectivity index (χ0v) is 21.3. The van der Waals surface area contributed by atoms with Crippen LogP contribution in [0.15, 0.2) is 42.4 Å². The van der Waals surface area contributed by atoms with E-state index in [1.807, 2.05) is 6.07 Å². The predicted molar refractivity (Wildman–Crippen MR) is 136 cm³/mol. The number of nitrogens with two attached hydrogens (primary N) is 1. The number of carbonyl (C=O) groups excluding carboxylic acids is 1. The van der Waals surface area contributed by atoms with Crippen molar-refractivity contribution in [2.24, 2.45) is 18.7 Å². The lowest BCUT2D eigenvalue weighted by atomic mass is 9.94. The van der Waals surface area contributed by atoms with Gasteiger partial charge in [-0.3, -0.25) is 9.69 Å². The number of fused-ring (bicyclic) bond motifs is 1. The fourth-order valence-electron chi connectivity index (χ4n) is 4.68. The Morgan fingerprint density at radius 3 is 2.68 bits per heavy atom. The second kappa shape index (κ2) is 11.2. The van der Waals surface area contributed by atoms with Crippen molar-refractivity contribution in [2.45, 2.75) is 32.4 Å². The summed E-state index contributed by atoms with van der Waals surface area (Å²) < 4.78 is 49.2. The number of ether oxygens (including phenoxy) is 1. The van der Waals surface area contributed by atoms with E-state index in [-0.39, 0.29) is 35.1 Å². The molecule has 4 rings (SSSR count). The summed E-state index contributed by atoms with van der Waals surface area (Å²) in [5.74, 6) is 0.0329. The molecule has 2 N–H and O–H groups in total. The molecule has 0 bridgehead atoms. The van der Waals surface area contributed by atoms with Gasteiger partial charge < -0.3 is 15.0 Å². The Labute approximate surface area is 218 Å². The van der Waals surface area contributed by atoms with Gasteiger partial charge in [-0.25, -0.2) is 9.97 Å². The standard InChI is InChI=1S/C27H29F3N6O2/c1-17(32)11-20(37)15-36-8-5-18(6-9-36)7-10-38-25-4-3-19(12-21(25)27(28,29)30)22-13-24-26(23(14-31)34-22)33-16-35(24)2/h3-4,11-13,16,18H,5-10,15,32H2,1-2H3. The van der Waals surface area contributed by atoms with E-state index in [9.17, 15) is 23.2 Å². The Bertz CT molecular complexity index is 1390. The van der Waals surface area contributed by atoms with Gasteiger partial charge in [-0.05, 0) is 69.5 Å². The Morgan fingerprint density at radius 1 is 1.29 bits per heavy atom. The van der Waals surface area contributed by atoms with Crippen LogP contribution >= 0.6 is 0 Å². The van der Waals surface area contributed by atoms with Crippen molar-refractivity contribution in [2.75, 3.05) is 26.2 Å². The van der Waals surface area contributed by atoms with Gasteiger partial charge in [-0.2, -0.15) is 18.4 Å². The van der Waals surface area contributed by atoms with Gasteiger partial charge in [0.2, 0.25) is 0 Å². The third-order valence-electron chi connectivity index (χ3n) is 6.66. The van der Waals surface area contributed by atoms with Crippen molar-refractivity contribution < 1.29 is 22.7 Å². The van der Waals surface area contributed by atoms with Crippen molar-refractivity contribution in [1.29, 1.82) is 5.26 Å². The summed E-state index contributed by atoms with van der Waals surface area (Å²) in [5, 5.41) is 9.45. The van der Waals surface area contributed by atoms with E-state index in [0.717, 1.165) is 32.0 Å². The second-order valence-electron chi connectivity index (χ2n) is 9.61. The molecular weight excluding hydrogens is 497 g/mol. The molecule has 11 heteroatoms. The fraction of sp³-hybridized carbons (Fsp3) is 0.407. The SMILES string of the molecule is CC(N)=CC(=O)CN1CCC(CCOc2ccc(-c3cc4c(ncn4C)c(C#N)n3)cc2C(F)(F)F)CC1. The molecule has 1 aliphatic heterocycles. The highest BCUT2D eigenvalue weighted by atomic mass is 19.4. The fourth-order valence-corrected chi connectivity index (χ4v) is 4.68. The third-order valence-corrected chi connectivity index (χ3v) is 6.66. The number of pyridine rings is 1. The van der Waals surface area contributed by atoms with Crippen molar-refractivity contribution in [3.05, 3.63) is 53.6 Å². The first kappa shape index (κ1) is 27.1. The highest BCUT2D eigenvalue weighted by Gasteiger charge is 2.35. The zero-order valence-electron chi connectivity index (χ0n) is 21.3. The number of alkyl halides is 3. The number of piperidine rings is 1. The van der Waals surface area contributed by atoms with Crippen LogP contribution in [0.3, 0.4) is 0 Å². The van der Waals surface area contributed by atoms with E-state index in [2.05, 4.69) is 14.9 Å². The van der Waals surface area contributed by atoms with Crippen LogP contribution in [0.25, 0.3) is 22.3 Å². The van der Waals surface area contributed by atoms with E-state index < -0.39 is 11.7 Å². The Hall–Kier alpha value is -3.91. The summed E-state index contributed by atoms with van der Waals surface area (Å²) in [6.45, 7) is 3.63. The Balaban J connectivity index is 1.42. The predicted octanol–water partition coefficient (Wildman–Crippen LogP) is 4.44. The van der Waals surface area contributed by atoms with Gasteiger partial charge in [0, 0.05) is 24.4 Å². The first-order valence-electron chi connectivity index (χ1n) is 12.3. The molecule has 38 heavy (non-hydrogen) atoms. The molecule has 200 valence electrons. The molecule has 8 nitrogen and oxygen atoms in total. The van der Waals surface area contributed by atoms with Crippen molar-refractivity contribution in [1.82, 2.24) is 19.4 Å². The molecule has 1 saturated heterocycles. The number of aryl methyl sites for hydroxylation is 1. The van der Waals surface area contributed by atoms with Crippen LogP contribution in [0.5, 0.6) is 5.75 Å². The van der Waals surface area contributed by atoms with Crippen LogP contribution in [-0.2, 0) is 18.0 Å². The van der Waals surface area contributed by atoms with E-state index >= 15 is 0 Å². The number of likely N-dealkylation sites (tertiary alicyclic amines) is 1. The van der Waals surface area contributed by atoms with Gasteiger partial charge in [0.05, 0.1) is 36.3 Å². The van der Waals surface area contributed by atoms with E-state index in [1.54, 1.807) is 24.6 Å². The smallest absolute Gasteiger partial charge is 0.419 e. The number of hydrogen-bond donors (Lipinski definition) is 1. The van der Waals surface area contributed by atoms with Crippen LogP contribution in [-0.4, -0.2) is 51.5 Å². The minimum atomic E-state index is -4.63. The molecule has 3 aromatic rings. The van der Waals surface area contributed by atoms with Crippen LogP contribution in [0.2, 0.25) is 0 Å². The molecule has 0 aliphatic carbocycles. The maximum atomic E-state index is 14.0. The van der Waals surface area contributed by atoms with Gasteiger partial charge in [-0.1, -0.05) is 0 Å². The maximum Gasteiger partial charge on any atom is 0.419 e. The number of benzene rings is 1. The Kier molecular flexibility index (Phi) is 8.02. The number of hydrogen-bond acceptors (Lipinski definition) is 7. The number of imidazole rings is 1. The molecule has 2 aromatic heterocycles. The van der Waals surface area contributed by atoms with E-state index in [1.165, 1.54) is 24.5 Å². The lowest BCUT2D eigenvalue weighted by Gasteiger charge is -2.31. The molecule has 0 unspecified atom stereocenters. The van der Waals surface area contributed by atoms with Crippen LogP contribution in [0.4, 0.5) is 13.2 Å². The van der Waals surface area contributed by atoms with E-state index in [0.29, 0.717) is 35.6 Å². The number of nitrogens with zero attached hydrogens (tertiary/aromatic N) is 5. The molecule has 1 aromatic carbocycles. The lowest BCUT2D eigenvalue weighted by molar-refractivity contribution is -0.139. The highest BCUT2D eigenvalue weighted by Crippen LogP contribution is 2.39. The molecule has 0 spiro atoms. The quantitative estimate of drug-likeness (QED) is 0.432. The molecule has 0 atom stereocenters. The molecule has 0 saturated carbocycles. The zero-order chi connectivity index (χ0) is 27.4. The van der Waals surface area contributed by atoms with Gasteiger partial charge >= 0.3 is 6.18 Å². The number of allylic oxidation sites excluding steroid dienone is 1. The minimum Gasteiger partial charge on any atom is -0.493 e. The minimum absolute atomic E-state index is 0.0331. The van der Waals surface area contributed by atoms with Gasteiger partial charge in [0.25, 0.3) is 0 Å². The number of halogens is 3. The van der Waals surface area contributed by atoms with Crippen LogP contribution < -0.4 is 10.5 Å². The van der Waals surface area contributed by atoms with Gasteiger partial charge in [0.15, 0.2) is 11.5 Å². The molecule has 1 aliphatic rings. The number of ketones is 1. The highest BCUT2D eigenvalue weighted by molar-refractivity contribution is 5.91. The van der Waals surface area contributed by atoms with Gasteiger partial charge in [0.1, 0.15) is 17.3 Å². The second-order valence-corrected chi connectivity index (χ2v) is 9.61. The lowest BCUT2D eigenvalue weighted by Crippen LogP contribution is -2.37. The van der Waals surface area contributed by atoms with Crippen molar-refractivity contribution in [3.63, 3.8) is 0 Å². The number of rotatable bonds is 8. The molecule has 1 fully saturated rings.